The quantitative estimate of drug-likeness (QED) is 0.513. The second-order valence-corrected chi connectivity index (χ2v) is 10.2. The van der Waals surface area contributed by atoms with Gasteiger partial charge in [-0.25, -0.2) is 0 Å². The van der Waals surface area contributed by atoms with E-state index in [0.29, 0.717) is 21.7 Å². The monoisotopic (exact) mass is 296 g/mol. The number of rotatable bonds is 4. The fraction of sp³-hybridized carbons (Fsp3) is 0.727. The first kappa shape index (κ1) is 14.8. The Bertz CT molecular complexity index is 598. The second kappa shape index (κ2) is 4.19. The van der Waals surface area contributed by atoms with Crippen molar-refractivity contribution < 1.29 is 0 Å². The van der Waals surface area contributed by atoms with Crippen molar-refractivity contribution in [3.8, 4) is 0 Å². The first-order valence-corrected chi connectivity index (χ1v) is 9.24. The zero-order valence-corrected chi connectivity index (χ0v) is 15.0. The van der Waals surface area contributed by atoms with Gasteiger partial charge < -0.3 is 0 Å². The molecule has 2 atom stereocenters. The molecule has 4 rings (SSSR count). The molecular weight excluding hydrogens is 264 g/mol. The molecule has 0 spiro atoms. The molecule has 4 aliphatic rings. The van der Waals surface area contributed by atoms with E-state index in [4.69, 9.17) is 0 Å². The van der Waals surface area contributed by atoms with Crippen molar-refractivity contribution in [1.29, 1.82) is 0 Å². The summed E-state index contributed by atoms with van der Waals surface area (Å²) in [4.78, 5) is 0. The average Bonchev–Trinajstić information content (AvgIpc) is 3.11. The van der Waals surface area contributed by atoms with E-state index in [1.165, 1.54) is 51.4 Å². The van der Waals surface area contributed by atoms with Crippen molar-refractivity contribution in [3.05, 3.63) is 35.5 Å². The molecular formula is C22H32. The molecule has 0 aromatic rings. The Morgan fingerprint density at radius 1 is 0.955 bits per heavy atom. The number of allylic oxidation sites excluding steroid dienone is 5. The van der Waals surface area contributed by atoms with Crippen LogP contribution in [-0.2, 0) is 0 Å². The van der Waals surface area contributed by atoms with Crippen LogP contribution in [0.1, 0.15) is 79.1 Å². The van der Waals surface area contributed by atoms with Crippen LogP contribution in [0.25, 0.3) is 0 Å². The van der Waals surface area contributed by atoms with Gasteiger partial charge in [-0.1, -0.05) is 63.1 Å². The van der Waals surface area contributed by atoms with Gasteiger partial charge in [-0.15, -0.1) is 0 Å². The lowest BCUT2D eigenvalue weighted by Gasteiger charge is -2.36. The largest absolute Gasteiger partial charge is 0.0993 e. The lowest BCUT2D eigenvalue weighted by Crippen LogP contribution is -2.24. The zero-order valence-electron chi connectivity index (χ0n) is 15.0. The van der Waals surface area contributed by atoms with Crippen molar-refractivity contribution in [2.24, 2.45) is 21.7 Å². The topological polar surface area (TPSA) is 0 Å². The first-order chi connectivity index (χ1) is 10.2. The maximum atomic E-state index is 4.60. The molecule has 0 radical (unpaired) electrons. The van der Waals surface area contributed by atoms with Crippen LogP contribution in [0.15, 0.2) is 35.5 Å². The van der Waals surface area contributed by atoms with Crippen LogP contribution in [0.3, 0.4) is 0 Å². The van der Waals surface area contributed by atoms with Crippen molar-refractivity contribution in [3.63, 3.8) is 0 Å². The highest BCUT2D eigenvalue weighted by Gasteiger charge is 2.52. The second-order valence-electron chi connectivity index (χ2n) is 10.2. The van der Waals surface area contributed by atoms with E-state index < -0.39 is 0 Å². The van der Waals surface area contributed by atoms with E-state index in [9.17, 15) is 0 Å². The van der Waals surface area contributed by atoms with E-state index in [2.05, 4.69) is 46.4 Å². The third-order valence-electron chi connectivity index (χ3n) is 7.66. The van der Waals surface area contributed by atoms with Gasteiger partial charge in [0.2, 0.25) is 0 Å². The van der Waals surface area contributed by atoms with Crippen LogP contribution in [-0.4, -0.2) is 0 Å². The first-order valence-electron chi connectivity index (χ1n) is 9.24. The van der Waals surface area contributed by atoms with Gasteiger partial charge in [-0.3, -0.25) is 0 Å². The third-order valence-corrected chi connectivity index (χ3v) is 7.66. The molecule has 0 aliphatic heterocycles. The predicted octanol–water partition coefficient (Wildman–Crippen LogP) is 6.60. The van der Waals surface area contributed by atoms with Crippen LogP contribution in [0.5, 0.6) is 0 Å². The van der Waals surface area contributed by atoms with Crippen LogP contribution in [0.2, 0.25) is 0 Å². The number of fused-ring (bicyclic) bond motifs is 4. The van der Waals surface area contributed by atoms with Gasteiger partial charge in [-0.05, 0) is 73.0 Å². The number of hydrogen-bond donors (Lipinski definition) is 0. The van der Waals surface area contributed by atoms with Crippen molar-refractivity contribution in [2.45, 2.75) is 79.1 Å². The molecule has 0 nitrogen and oxygen atoms in total. The summed E-state index contributed by atoms with van der Waals surface area (Å²) in [5.74, 6) is 0. The normalized spacial score (nSPS) is 40.0. The molecule has 0 N–H and O–H groups in total. The van der Waals surface area contributed by atoms with Crippen molar-refractivity contribution in [2.75, 3.05) is 0 Å². The summed E-state index contributed by atoms with van der Waals surface area (Å²) in [5, 5.41) is 0. The summed E-state index contributed by atoms with van der Waals surface area (Å²) in [7, 11) is 0. The lowest BCUT2D eigenvalue weighted by atomic mass is 9.68. The molecule has 2 saturated carbocycles. The molecule has 0 aromatic carbocycles. The minimum absolute atomic E-state index is 0.427. The fourth-order valence-electron chi connectivity index (χ4n) is 6.38. The molecule has 0 amide bonds. The summed E-state index contributed by atoms with van der Waals surface area (Å²) < 4.78 is 0. The standard InChI is InChI=1S/C22H32/c1-16(22-11-8-18(13-22)20(4,5)15-22)6-9-21-10-7-17(12-21)19(2,3)14-21/h7-8H,1,6,9-15H2,2-5H3. The summed E-state index contributed by atoms with van der Waals surface area (Å²) in [6.07, 6.45) is 15.7. The third kappa shape index (κ3) is 1.95. The highest BCUT2D eigenvalue weighted by atomic mass is 14.6. The van der Waals surface area contributed by atoms with Crippen LogP contribution in [0, 0.1) is 21.7 Å². The van der Waals surface area contributed by atoms with Crippen LogP contribution >= 0.6 is 0 Å². The SMILES string of the molecule is C=C(CCC12CC=C(C1)C(C)(C)C2)C12CC=C(C1)C(C)(C)C2. The van der Waals surface area contributed by atoms with Gasteiger partial charge in [0, 0.05) is 0 Å². The van der Waals surface area contributed by atoms with E-state index in [-0.39, 0.29) is 0 Å². The van der Waals surface area contributed by atoms with Gasteiger partial charge in [0.05, 0.1) is 0 Å². The lowest BCUT2D eigenvalue weighted by molar-refractivity contribution is 0.222. The summed E-state index contributed by atoms with van der Waals surface area (Å²) in [6.45, 7) is 14.3. The highest BCUT2D eigenvalue weighted by Crippen LogP contribution is 2.65. The Balaban J connectivity index is 1.43. The van der Waals surface area contributed by atoms with Gasteiger partial charge in [0.25, 0.3) is 0 Å². The maximum absolute atomic E-state index is 4.60. The average molecular weight is 296 g/mol. The van der Waals surface area contributed by atoms with E-state index in [0.717, 1.165) is 0 Å². The molecule has 120 valence electrons. The Morgan fingerprint density at radius 2 is 1.59 bits per heavy atom. The Labute approximate surface area is 136 Å². The van der Waals surface area contributed by atoms with Crippen molar-refractivity contribution in [1.82, 2.24) is 0 Å². The Hall–Kier alpha value is -0.780. The van der Waals surface area contributed by atoms with Gasteiger partial charge in [-0.2, -0.15) is 0 Å². The van der Waals surface area contributed by atoms with Crippen LogP contribution < -0.4 is 0 Å². The molecule has 0 aromatic heterocycles. The smallest absolute Gasteiger partial charge is 0.00108 e. The van der Waals surface area contributed by atoms with Gasteiger partial charge in [0.15, 0.2) is 0 Å². The molecule has 0 heteroatoms. The zero-order chi connectivity index (χ0) is 15.8. The van der Waals surface area contributed by atoms with Crippen LogP contribution in [0.4, 0.5) is 0 Å². The molecule has 22 heavy (non-hydrogen) atoms. The molecule has 4 aliphatic carbocycles. The fourth-order valence-corrected chi connectivity index (χ4v) is 6.38. The molecule has 2 unspecified atom stereocenters. The summed E-state index contributed by atoms with van der Waals surface area (Å²) >= 11 is 0. The Morgan fingerprint density at radius 3 is 2.09 bits per heavy atom. The predicted molar refractivity (Wildman–Crippen MR) is 94.7 cm³/mol. The maximum Gasteiger partial charge on any atom is -0.00108 e. The highest BCUT2D eigenvalue weighted by molar-refractivity contribution is 5.36. The van der Waals surface area contributed by atoms with E-state index >= 15 is 0 Å². The molecule has 4 bridgehead atoms. The van der Waals surface area contributed by atoms with Gasteiger partial charge in [0.1, 0.15) is 0 Å². The number of hydrogen-bond acceptors (Lipinski definition) is 0. The molecule has 0 saturated heterocycles. The minimum atomic E-state index is 0.427. The van der Waals surface area contributed by atoms with Crippen molar-refractivity contribution >= 4 is 0 Å². The van der Waals surface area contributed by atoms with E-state index in [1.54, 1.807) is 16.7 Å². The molecule has 2 fully saturated rings. The summed E-state index contributed by atoms with van der Waals surface area (Å²) in [5.41, 5.74) is 6.92. The minimum Gasteiger partial charge on any atom is -0.0993 e. The summed E-state index contributed by atoms with van der Waals surface area (Å²) in [6, 6.07) is 0. The molecule has 0 heterocycles. The van der Waals surface area contributed by atoms with E-state index in [1.807, 2.05) is 0 Å². The Kier molecular flexibility index (Phi) is 2.82. The van der Waals surface area contributed by atoms with Gasteiger partial charge >= 0.3 is 0 Å².